The Bertz CT molecular complexity index is 1410. The number of fused-ring (bicyclic) bond motifs is 2. The van der Waals surface area contributed by atoms with Gasteiger partial charge in [0.15, 0.2) is 18.5 Å². The number of carbonyl (C=O) groups is 3. The third-order valence-corrected chi connectivity index (χ3v) is 7.83. The van der Waals surface area contributed by atoms with E-state index in [4.69, 9.17) is 15.0 Å². The summed E-state index contributed by atoms with van der Waals surface area (Å²) >= 11 is 2.90. The maximum Gasteiger partial charge on any atom is 0.292 e. The minimum atomic E-state index is -1.44. The molecule has 0 saturated carbocycles. The van der Waals surface area contributed by atoms with Gasteiger partial charge in [0.25, 0.3) is 22.7 Å². The fourth-order valence-electron chi connectivity index (χ4n) is 4.01. The van der Waals surface area contributed by atoms with Crippen LogP contribution in [0.25, 0.3) is 10.2 Å². The van der Waals surface area contributed by atoms with E-state index in [0.717, 1.165) is 16.5 Å². The molecule has 2 amide bonds. The number of carbonyl (C=O) groups excluding carboxylic acids is 3. The number of hydrogen-bond donors (Lipinski definition) is 2. The summed E-state index contributed by atoms with van der Waals surface area (Å²) in [5, 5.41) is 20.7. The van der Waals surface area contributed by atoms with Gasteiger partial charge in [0.2, 0.25) is 0 Å². The average molecular weight is 515 g/mol. The van der Waals surface area contributed by atoms with Crippen LogP contribution in [0.4, 0.5) is 6.01 Å². The maximum absolute atomic E-state index is 13.0. The van der Waals surface area contributed by atoms with Gasteiger partial charge >= 0.3 is 0 Å². The molecule has 2 atom stereocenters. The first kappa shape index (κ1) is 22.9. The molecule has 5 rings (SSSR count). The first-order valence-corrected chi connectivity index (χ1v) is 12.2. The smallest absolute Gasteiger partial charge is 0.292 e. The number of thioether (sulfide) groups is 1. The molecule has 2 aliphatic heterocycles. The van der Waals surface area contributed by atoms with E-state index in [1.807, 2.05) is 34.3 Å². The number of nitrogen functional groups attached to an aromatic ring is 1. The highest BCUT2D eigenvalue weighted by Crippen LogP contribution is 2.40. The molecular formula is C21H18N6O6S2. The number of β-lactam (4-membered cyclic amide) rings is 1. The quantitative estimate of drug-likeness (QED) is 0.178. The molecule has 14 heteroatoms. The Kier molecular flexibility index (Phi) is 5.90. The van der Waals surface area contributed by atoms with Crippen LogP contribution in [0.2, 0.25) is 0 Å². The van der Waals surface area contributed by atoms with E-state index in [0.29, 0.717) is 17.9 Å². The Morgan fingerprint density at radius 3 is 3.00 bits per heavy atom. The number of thiophene rings is 1. The van der Waals surface area contributed by atoms with E-state index >= 15 is 0 Å². The summed E-state index contributed by atoms with van der Waals surface area (Å²) in [6, 6.07) is 4.70. The molecule has 2 aliphatic rings. The summed E-state index contributed by atoms with van der Waals surface area (Å²) in [6.07, 6.45) is 3.00. The number of aromatic nitrogens is 2. The molecule has 2 unspecified atom stereocenters. The van der Waals surface area contributed by atoms with Crippen LogP contribution in [0.3, 0.4) is 0 Å². The lowest BCUT2D eigenvalue weighted by Crippen LogP contribution is -2.71. The Labute approximate surface area is 206 Å². The molecule has 35 heavy (non-hydrogen) atoms. The maximum atomic E-state index is 13.0. The van der Waals surface area contributed by atoms with Gasteiger partial charge in [0, 0.05) is 17.4 Å². The highest BCUT2D eigenvalue weighted by atomic mass is 32.2. The number of nitrogens with two attached hydrogens (primary N) is 1. The van der Waals surface area contributed by atoms with Crippen LogP contribution in [0.1, 0.15) is 5.69 Å². The van der Waals surface area contributed by atoms with E-state index in [1.54, 1.807) is 11.3 Å². The van der Waals surface area contributed by atoms with Crippen molar-refractivity contribution in [3.05, 3.63) is 53.0 Å². The van der Waals surface area contributed by atoms with Crippen molar-refractivity contribution in [1.82, 2.24) is 15.2 Å². The molecule has 12 nitrogen and oxygen atoms in total. The lowest BCUT2D eigenvalue weighted by molar-refractivity contribution is -0.661. The fourth-order valence-corrected chi connectivity index (χ4v) is 6.23. The lowest BCUT2D eigenvalue weighted by atomic mass is 10.0. The number of nitrogens with one attached hydrogen (secondary N) is 1. The monoisotopic (exact) mass is 514 g/mol. The molecule has 3 N–H and O–H groups in total. The standard InChI is InChI=1S/C21H18N6O6S2/c1-32-25-13(12-8-33-21(22)23-12)16(28)24-14-17(29)27-15(20(30)31)11(9-35-19(14)27)7-26-5-2-3-10-4-6-34-18(10)26/h2-6,8,14,19H,7,9H2,1H3,(H3-,22,23,24,28,30,31)/b25-13+. The number of oxazole rings is 1. The number of nitrogens with zero attached hydrogens (tertiary/aromatic N) is 4. The molecule has 1 fully saturated rings. The van der Waals surface area contributed by atoms with E-state index in [1.165, 1.54) is 23.8 Å². The van der Waals surface area contributed by atoms with Crippen molar-refractivity contribution in [2.24, 2.45) is 5.16 Å². The van der Waals surface area contributed by atoms with E-state index in [-0.39, 0.29) is 23.1 Å². The summed E-state index contributed by atoms with van der Waals surface area (Å²) < 4.78 is 6.85. The molecule has 0 spiro atoms. The molecule has 0 radical (unpaired) electrons. The SMILES string of the molecule is CO/N=C(/C(=O)NC1C(=O)N2C(C(=O)[O-])=C(C[n+]3cccc4ccsc43)CSC12)c1coc(N)n1. The lowest BCUT2D eigenvalue weighted by Gasteiger charge is -2.50. The first-order valence-electron chi connectivity index (χ1n) is 10.3. The Balaban J connectivity index is 1.38. The zero-order valence-corrected chi connectivity index (χ0v) is 19.8. The predicted octanol–water partition coefficient (Wildman–Crippen LogP) is -0.786. The van der Waals surface area contributed by atoms with Gasteiger partial charge < -0.3 is 30.2 Å². The first-order chi connectivity index (χ1) is 16.9. The van der Waals surface area contributed by atoms with E-state index in [9.17, 15) is 19.5 Å². The number of aliphatic carboxylic acids is 1. The van der Waals surface area contributed by atoms with Gasteiger partial charge in [-0.15, -0.1) is 11.8 Å². The molecule has 3 aromatic rings. The number of oxime groups is 1. The van der Waals surface area contributed by atoms with Crippen molar-refractivity contribution in [3.63, 3.8) is 0 Å². The Morgan fingerprint density at radius 2 is 2.29 bits per heavy atom. The molecule has 0 bridgehead atoms. The Hall–Kier alpha value is -3.91. The second-order valence-electron chi connectivity index (χ2n) is 7.61. The van der Waals surface area contributed by atoms with Crippen molar-refractivity contribution in [3.8, 4) is 0 Å². The number of anilines is 1. The van der Waals surface area contributed by atoms with Crippen molar-refractivity contribution < 1.29 is 33.3 Å². The second kappa shape index (κ2) is 9.03. The zero-order valence-electron chi connectivity index (χ0n) is 18.2. The van der Waals surface area contributed by atoms with Crippen molar-refractivity contribution >= 4 is 62.8 Å². The molecular weight excluding hydrogens is 496 g/mol. The zero-order chi connectivity index (χ0) is 24.7. The third kappa shape index (κ3) is 4.00. The number of rotatable bonds is 7. The molecule has 0 aromatic carbocycles. The van der Waals surface area contributed by atoms with E-state index < -0.39 is 29.2 Å². The van der Waals surface area contributed by atoms with Gasteiger partial charge in [0.05, 0.1) is 17.1 Å². The fraction of sp³-hybridized carbons (Fsp3) is 0.238. The predicted molar refractivity (Wildman–Crippen MR) is 124 cm³/mol. The summed E-state index contributed by atoms with van der Waals surface area (Å²) in [6.45, 7) is 0.292. The van der Waals surface area contributed by atoms with Gasteiger partial charge in [-0.3, -0.25) is 14.5 Å². The van der Waals surface area contributed by atoms with Crippen molar-refractivity contribution in [2.75, 3.05) is 18.6 Å². The van der Waals surface area contributed by atoms with Crippen LogP contribution in [0, 0.1) is 0 Å². The Morgan fingerprint density at radius 1 is 1.46 bits per heavy atom. The summed E-state index contributed by atoms with van der Waals surface area (Å²) in [4.78, 5) is 48.6. The van der Waals surface area contributed by atoms with Crippen LogP contribution in [-0.4, -0.2) is 57.7 Å². The van der Waals surface area contributed by atoms with Crippen LogP contribution in [0.5, 0.6) is 0 Å². The van der Waals surface area contributed by atoms with Gasteiger partial charge in [-0.05, 0) is 17.5 Å². The molecule has 0 aliphatic carbocycles. The summed E-state index contributed by atoms with van der Waals surface area (Å²) in [7, 11) is 1.25. The molecule has 180 valence electrons. The van der Waals surface area contributed by atoms with Crippen molar-refractivity contribution in [1.29, 1.82) is 0 Å². The van der Waals surface area contributed by atoms with E-state index in [2.05, 4.69) is 15.5 Å². The number of carboxylic acids is 1. The highest BCUT2D eigenvalue weighted by Gasteiger charge is 2.53. The molecule has 3 aromatic heterocycles. The van der Waals surface area contributed by atoms with Gasteiger partial charge in [-0.2, -0.15) is 9.55 Å². The van der Waals surface area contributed by atoms with Crippen molar-refractivity contribution in [2.45, 2.75) is 18.0 Å². The highest BCUT2D eigenvalue weighted by molar-refractivity contribution is 8.00. The van der Waals surface area contributed by atoms with Gasteiger partial charge in [-0.1, -0.05) is 16.5 Å². The van der Waals surface area contributed by atoms with Crippen LogP contribution < -0.4 is 20.7 Å². The topological polar surface area (TPSA) is 167 Å². The minimum Gasteiger partial charge on any atom is -0.543 e. The normalized spacial score (nSPS) is 20.0. The van der Waals surface area contributed by atoms with Gasteiger partial charge in [-0.25, -0.2) is 0 Å². The number of pyridine rings is 1. The number of hydrogen-bond acceptors (Lipinski definition) is 11. The minimum absolute atomic E-state index is 0.0270. The van der Waals surface area contributed by atoms with Crippen LogP contribution in [0.15, 0.2) is 56.9 Å². The second-order valence-corrected chi connectivity index (χ2v) is 9.61. The van der Waals surface area contributed by atoms with Crippen LogP contribution >= 0.6 is 23.1 Å². The summed E-state index contributed by atoms with van der Waals surface area (Å²) in [5.74, 6) is -2.41. The van der Waals surface area contributed by atoms with Crippen LogP contribution in [-0.2, 0) is 25.8 Å². The molecule has 5 heterocycles. The number of carboxylic acid groups (broad SMARTS) is 1. The summed E-state index contributed by atoms with van der Waals surface area (Å²) in [5.41, 5.74) is 5.63. The number of amides is 2. The average Bonchev–Trinajstić information content (AvgIpc) is 3.49. The molecule has 1 saturated heterocycles. The largest absolute Gasteiger partial charge is 0.543 e. The third-order valence-electron chi connectivity index (χ3n) is 5.53. The van der Waals surface area contributed by atoms with Gasteiger partial charge in [0.1, 0.15) is 30.5 Å².